The molecule has 5 heteroatoms. The number of nitrogens with zero attached hydrogens (tertiary/aromatic N) is 2. The maximum absolute atomic E-state index is 8.78. The number of hydrogen-bond acceptors (Lipinski definition) is 2. The molecule has 0 radical (unpaired) electrons. The van der Waals surface area contributed by atoms with Crippen molar-refractivity contribution in [1.29, 1.82) is 0 Å². The Kier molecular flexibility index (Phi) is 7.22. The normalized spacial score (nSPS) is 8.93. The summed E-state index contributed by atoms with van der Waals surface area (Å²) >= 11 is 0. The number of hydrogen-bond donors (Lipinski definition) is 2. The van der Waals surface area contributed by atoms with E-state index in [0.29, 0.717) is 0 Å². The van der Waals surface area contributed by atoms with Gasteiger partial charge in [-0.3, -0.25) is 0 Å². The van der Waals surface area contributed by atoms with Crippen LogP contribution in [-0.4, -0.2) is 20.8 Å². The predicted molar refractivity (Wildman–Crippen MR) is 54.0 cm³/mol. The molecular formula is C9H17N3O2. The monoisotopic (exact) mass is 199 g/mol. The Labute approximate surface area is 83.6 Å². The van der Waals surface area contributed by atoms with E-state index in [2.05, 4.69) is 22.2 Å². The van der Waals surface area contributed by atoms with E-state index in [1.165, 1.54) is 19.3 Å². The fraction of sp³-hybridized carbons (Fsp3) is 0.556. The van der Waals surface area contributed by atoms with Crippen LogP contribution in [-0.2, 0) is 6.54 Å². The smallest absolute Gasteiger partial charge is 0.402 e. The third kappa shape index (κ3) is 8.58. The van der Waals surface area contributed by atoms with Crippen LogP contribution in [0, 0.1) is 0 Å². The zero-order valence-electron chi connectivity index (χ0n) is 8.39. The van der Waals surface area contributed by atoms with E-state index in [1.54, 1.807) is 0 Å². The van der Waals surface area contributed by atoms with Crippen LogP contribution in [0.1, 0.15) is 26.2 Å². The van der Waals surface area contributed by atoms with Crippen LogP contribution in [0.15, 0.2) is 18.7 Å². The molecule has 1 amide bonds. The molecule has 1 heterocycles. The number of unbranched alkanes of at least 4 members (excludes halogenated alkanes) is 2. The van der Waals surface area contributed by atoms with Gasteiger partial charge in [0, 0.05) is 18.9 Å². The van der Waals surface area contributed by atoms with Crippen molar-refractivity contribution in [1.82, 2.24) is 9.55 Å². The van der Waals surface area contributed by atoms with Crippen molar-refractivity contribution >= 4 is 6.09 Å². The lowest BCUT2D eigenvalue weighted by atomic mass is 10.2. The molecule has 0 fully saturated rings. The van der Waals surface area contributed by atoms with E-state index in [4.69, 9.17) is 9.90 Å². The summed E-state index contributed by atoms with van der Waals surface area (Å²) in [6.45, 7) is 3.34. The summed E-state index contributed by atoms with van der Waals surface area (Å²) in [7, 11) is 0. The fourth-order valence-electron chi connectivity index (χ4n) is 0.963. The maximum atomic E-state index is 8.78. The van der Waals surface area contributed by atoms with Gasteiger partial charge in [0.2, 0.25) is 0 Å². The molecule has 0 bridgehead atoms. The largest absolute Gasteiger partial charge is 0.465 e. The predicted octanol–water partition coefficient (Wildman–Crippen LogP) is 1.70. The van der Waals surface area contributed by atoms with E-state index < -0.39 is 6.09 Å². The second-order valence-electron chi connectivity index (χ2n) is 2.85. The molecule has 80 valence electrons. The Hall–Kier alpha value is -1.52. The molecule has 14 heavy (non-hydrogen) atoms. The molecule has 0 saturated carbocycles. The standard InChI is InChI=1S/C8H14N2.CH3NO2/c1-2-3-4-6-10-7-5-9-8-10;2-1(3)4/h5,7-8H,2-4,6H2,1H3;2H2,(H,3,4). The van der Waals surface area contributed by atoms with Crippen LogP contribution in [0.3, 0.4) is 0 Å². The van der Waals surface area contributed by atoms with Crippen LogP contribution in [0.25, 0.3) is 0 Å². The Morgan fingerprint density at radius 1 is 1.57 bits per heavy atom. The van der Waals surface area contributed by atoms with Crippen molar-refractivity contribution in [3.63, 3.8) is 0 Å². The minimum Gasteiger partial charge on any atom is -0.465 e. The minimum absolute atomic E-state index is 1.12. The number of carbonyl (C=O) groups is 1. The summed E-state index contributed by atoms with van der Waals surface area (Å²) in [6.07, 6.45) is 8.25. The molecule has 5 nitrogen and oxygen atoms in total. The molecule has 1 aromatic rings. The van der Waals surface area contributed by atoms with Crippen molar-refractivity contribution < 1.29 is 9.90 Å². The van der Waals surface area contributed by atoms with Crippen molar-refractivity contribution in [2.75, 3.05) is 0 Å². The first-order valence-corrected chi connectivity index (χ1v) is 4.61. The van der Waals surface area contributed by atoms with Crippen molar-refractivity contribution in [2.24, 2.45) is 5.73 Å². The van der Waals surface area contributed by atoms with Crippen LogP contribution >= 0.6 is 0 Å². The number of amides is 1. The van der Waals surface area contributed by atoms with Crippen LogP contribution in [0.5, 0.6) is 0 Å². The number of carboxylic acid groups (broad SMARTS) is 1. The van der Waals surface area contributed by atoms with E-state index in [0.717, 1.165) is 6.54 Å². The summed E-state index contributed by atoms with van der Waals surface area (Å²) in [5.74, 6) is 0. The highest BCUT2D eigenvalue weighted by molar-refractivity contribution is 5.61. The molecule has 1 rings (SSSR count). The molecule has 0 spiro atoms. The number of imidazole rings is 1. The van der Waals surface area contributed by atoms with Gasteiger partial charge in [0.15, 0.2) is 0 Å². The van der Waals surface area contributed by atoms with Crippen molar-refractivity contribution in [3.05, 3.63) is 18.7 Å². The second-order valence-corrected chi connectivity index (χ2v) is 2.85. The third-order valence-electron chi connectivity index (χ3n) is 1.58. The van der Waals surface area contributed by atoms with Gasteiger partial charge in [-0.15, -0.1) is 0 Å². The summed E-state index contributed by atoms with van der Waals surface area (Å²) in [4.78, 5) is 12.7. The number of nitrogens with two attached hydrogens (primary N) is 1. The van der Waals surface area contributed by atoms with Gasteiger partial charge in [-0.05, 0) is 6.42 Å². The first kappa shape index (κ1) is 12.5. The second kappa shape index (κ2) is 8.10. The average Bonchev–Trinajstić information content (AvgIpc) is 2.56. The fourth-order valence-corrected chi connectivity index (χ4v) is 0.963. The number of rotatable bonds is 4. The lowest BCUT2D eigenvalue weighted by molar-refractivity contribution is 0.205. The highest BCUT2D eigenvalue weighted by Crippen LogP contribution is 1.97. The van der Waals surface area contributed by atoms with Crippen LogP contribution in [0.4, 0.5) is 4.79 Å². The summed E-state index contributed by atoms with van der Waals surface area (Å²) in [5.41, 5.74) is 4.03. The molecule has 0 unspecified atom stereocenters. The maximum Gasteiger partial charge on any atom is 0.402 e. The quantitative estimate of drug-likeness (QED) is 0.724. The third-order valence-corrected chi connectivity index (χ3v) is 1.58. The summed E-state index contributed by atoms with van der Waals surface area (Å²) in [6, 6.07) is 0. The molecule has 1 aromatic heterocycles. The van der Waals surface area contributed by atoms with Gasteiger partial charge in [0.1, 0.15) is 0 Å². The highest BCUT2D eigenvalue weighted by atomic mass is 16.4. The van der Waals surface area contributed by atoms with Gasteiger partial charge in [-0.1, -0.05) is 19.8 Å². The molecule has 0 atom stereocenters. The van der Waals surface area contributed by atoms with Gasteiger partial charge in [0.25, 0.3) is 0 Å². The Morgan fingerprint density at radius 2 is 2.21 bits per heavy atom. The Morgan fingerprint density at radius 3 is 2.64 bits per heavy atom. The van der Waals surface area contributed by atoms with Gasteiger partial charge in [-0.25, -0.2) is 9.78 Å². The van der Waals surface area contributed by atoms with Gasteiger partial charge in [-0.2, -0.15) is 0 Å². The summed E-state index contributed by atoms with van der Waals surface area (Å²) < 4.78 is 2.12. The zero-order valence-corrected chi connectivity index (χ0v) is 8.39. The van der Waals surface area contributed by atoms with Crippen molar-refractivity contribution in [2.45, 2.75) is 32.7 Å². The van der Waals surface area contributed by atoms with Gasteiger partial charge >= 0.3 is 6.09 Å². The molecule has 3 N–H and O–H groups in total. The van der Waals surface area contributed by atoms with Crippen molar-refractivity contribution in [3.8, 4) is 0 Å². The van der Waals surface area contributed by atoms with Crippen LogP contribution in [0.2, 0.25) is 0 Å². The van der Waals surface area contributed by atoms with E-state index >= 15 is 0 Å². The van der Waals surface area contributed by atoms with Crippen LogP contribution < -0.4 is 5.73 Å². The topological polar surface area (TPSA) is 81.1 Å². The SMILES string of the molecule is CCCCCn1ccnc1.NC(=O)O. The number of aromatic nitrogens is 2. The Bertz CT molecular complexity index is 230. The van der Waals surface area contributed by atoms with E-state index in [1.807, 2.05) is 18.7 Å². The Balaban J connectivity index is 0.000000364. The molecule has 0 aliphatic heterocycles. The van der Waals surface area contributed by atoms with Gasteiger partial charge < -0.3 is 15.4 Å². The highest BCUT2D eigenvalue weighted by Gasteiger charge is 1.87. The molecular weight excluding hydrogens is 182 g/mol. The zero-order chi connectivity index (χ0) is 10.8. The average molecular weight is 199 g/mol. The summed E-state index contributed by atoms with van der Waals surface area (Å²) in [5, 5.41) is 7.19. The molecule has 0 aliphatic rings. The first-order chi connectivity index (χ1) is 6.66. The number of primary amides is 1. The number of aryl methyl sites for hydroxylation is 1. The van der Waals surface area contributed by atoms with E-state index in [-0.39, 0.29) is 0 Å². The molecule has 0 aromatic carbocycles. The van der Waals surface area contributed by atoms with Gasteiger partial charge in [0.05, 0.1) is 6.33 Å². The lowest BCUT2D eigenvalue weighted by Crippen LogP contribution is -2.03. The first-order valence-electron chi connectivity index (χ1n) is 4.61. The minimum atomic E-state index is -1.33. The van der Waals surface area contributed by atoms with E-state index in [9.17, 15) is 0 Å². The molecule has 0 aliphatic carbocycles. The molecule has 0 saturated heterocycles. The lowest BCUT2D eigenvalue weighted by Gasteiger charge is -1.98.